The van der Waals surface area contributed by atoms with E-state index >= 15 is 0 Å². The minimum atomic E-state index is -0.0161. The van der Waals surface area contributed by atoms with E-state index in [1.165, 1.54) is 4.80 Å². The highest BCUT2D eigenvalue weighted by molar-refractivity contribution is 5.77. The molecule has 2 aromatic heterocycles. The van der Waals surface area contributed by atoms with Gasteiger partial charge >= 0.3 is 0 Å². The zero-order chi connectivity index (χ0) is 17.8. The van der Waals surface area contributed by atoms with Crippen LogP contribution in [0.4, 0.5) is 0 Å². The topological polar surface area (TPSA) is 73.1 Å². The van der Waals surface area contributed by atoms with Gasteiger partial charge in [0.1, 0.15) is 17.6 Å². The number of ether oxygens (including phenoxy) is 1. The van der Waals surface area contributed by atoms with E-state index in [-0.39, 0.29) is 18.6 Å². The second-order valence-electron chi connectivity index (χ2n) is 6.48. The van der Waals surface area contributed by atoms with E-state index in [1.54, 1.807) is 12.4 Å². The maximum Gasteiger partial charge on any atom is 0.246 e. The number of pyridine rings is 1. The summed E-state index contributed by atoms with van der Waals surface area (Å²) in [6, 6.07) is 11.5. The first-order chi connectivity index (χ1) is 12.8. The van der Waals surface area contributed by atoms with Crippen LogP contribution in [0.3, 0.4) is 0 Å². The van der Waals surface area contributed by atoms with E-state index < -0.39 is 0 Å². The van der Waals surface area contributed by atoms with Gasteiger partial charge in [0.15, 0.2) is 0 Å². The normalized spacial score (nSPS) is 16.8. The quantitative estimate of drug-likeness (QED) is 0.679. The van der Waals surface area contributed by atoms with Gasteiger partial charge in [0, 0.05) is 32.1 Å². The molecule has 0 bridgehead atoms. The van der Waals surface area contributed by atoms with Crippen LogP contribution in [0.15, 0.2) is 48.8 Å². The Labute approximate surface area is 151 Å². The van der Waals surface area contributed by atoms with Gasteiger partial charge < -0.3 is 9.64 Å². The largest absolute Gasteiger partial charge is 0.376 e. The number of amides is 1. The molecule has 0 aliphatic carbocycles. The first-order valence-electron chi connectivity index (χ1n) is 8.86. The molecule has 7 heteroatoms. The monoisotopic (exact) mass is 351 g/mol. The summed E-state index contributed by atoms with van der Waals surface area (Å²) >= 11 is 0. The maximum absolute atomic E-state index is 12.9. The van der Waals surface area contributed by atoms with Crippen molar-refractivity contribution in [3.8, 4) is 0 Å². The molecule has 1 saturated heterocycles. The Morgan fingerprint density at radius 1 is 1.15 bits per heavy atom. The van der Waals surface area contributed by atoms with E-state index in [9.17, 15) is 4.79 Å². The van der Waals surface area contributed by atoms with E-state index in [0.717, 1.165) is 36.0 Å². The highest BCUT2D eigenvalue weighted by atomic mass is 16.5. The van der Waals surface area contributed by atoms with Crippen LogP contribution in [-0.4, -0.2) is 50.0 Å². The molecule has 1 aromatic carbocycles. The van der Waals surface area contributed by atoms with Crippen molar-refractivity contribution in [1.29, 1.82) is 0 Å². The van der Waals surface area contributed by atoms with Crippen molar-refractivity contribution in [3.05, 3.63) is 54.4 Å². The lowest BCUT2D eigenvalue weighted by molar-refractivity contribution is -0.134. The first-order valence-corrected chi connectivity index (χ1v) is 8.86. The van der Waals surface area contributed by atoms with Crippen LogP contribution in [0.2, 0.25) is 0 Å². The molecule has 26 heavy (non-hydrogen) atoms. The van der Waals surface area contributed by atoms with Crippen molar-refractivity contribution in [3.63, 3.8) is 0 Å². The predicted molar refractivity (Wildman–Crippen MR) is 96.2 cm³/mol. The first kappa shape index (κ1) is 16.7. The number of aromatic nitrogens is 4. The molecular formula is C19H21N5O2. The summed E-state index contributed by atoms with van der Waals surface area (Å²) < 4.78 is 5.73. The molecule has 0 unspecified atom stereocenters. The fourth-order valence-electron chi connectivity index (χ4n) is 3.19. The smallest absolute Gasteiger partial charge is 0.246 e. The van der Waals surface area contributed by atoms with Crippen LogP contribution >= 0.6 is 0 Å². The SMILES string of the molecule is O=C(Cn1nc2ccccc2n1)N(Cc1ccncc1)C[C@H]1CCCO1. The molecule has 3 heterocycles. The Kier molecular flexibility index (Phi) is 4.88. The lowest BCUT2D eigenvalue weighted by atomic mass is 10.2. The summed E-state index contributed by atoms with van der Waals surface area (Å²) in [6.07, 6.45) is 5.63. The van der Waals surface area contributed by atoms with Crippen LogP contribution in [0.1, 0.15) is 18.4 Å². The zero-order valence-electron chi connectivity index (χ0n) is 14.5. The summed E-state index contributed by atoms with van der Waals surface area (Å²) in [5.74, 6) is -0.0161. The van der Waals surface area contributed by atoms with Crippen LogP contribution in [-0.2, 0) is 22.6 Å². The van der Waals surface area contributed by atoms with Crippen LogP contribution in [0, 0.1) is 0 Å². The molecule has 1 aliphatic rings. The molecule has 0 radical (unpaired) electrons. The number of rotatable bonds is 6. The van der Waals surface area contributed by atoms with E-state index in [2.05, 4.69) is 15.2 Å². The second kappa shape index (κ2) is 7.61. The summed E-state index contributed by atoms with van der Waals surface area (Å²) in [7, 11) is 0. The molecule has 7 nitrogen and oxygen atoms in total. The lowest BCUT2D eigenvalue weighted by Crippen LogP contribution is -2.39. The molecule has 0 spiro atoms. The third-order valence-electron chi connectivity index (χ3n) is 4.53. The summed E-state index contributed by atoms with van der Waals surface area (Å²) in [6.45, 7) is 2.00. The van der Waals surface area contributed by atoms with E-state index in [4.69, 9.17) is 4.74 Å². The van der Waals surface area contributed by atoms with Crippen LogP contribution < -0.4 is 0 Å². The molecule has 0 saturated carbocycles. The van der Waals surface area contributed by atoms with Gasteiger partial charge in [-0.05, 0) is 42.7 Å². The molecule has 1 amide bonds. The third kappa shape index (κ3) is 3.88. The van der Waals surface area contributed by atoms with Crippen molar-refractivity contribution in [2.45, 2.75) is 32.0 Å². The highest BCUT2D eigenvalue weighted by Gasteiger charge is 2.23. The average Bonchev–Trinajstić information content (AvgIpc) is 3.31. The van der Waals surface area contributed by atoms with Crippen molar-refractivity contribution in [2.24, 2.45) is 0 Å². The number of carbonyl (C=O) groups excluding carboxylic acids is 1. The van der Waals surface area contributed by atoms with E-state index in [0.29, 0.717) is 13.1 Å². The van der Waals surface area contributed by atoms with Gasteiger partial charge in [0.25, 0.3) is 0 Å². The van der Waals surface area contributed by atoms with Crippen molar-refractivity contribution < 1.29 is 9.53 Å². The van der Waals surface area contributed by atoms with Gasteiger partial charge in [-0.2, -0.15) is 15.0 Å². The third-order valence-corrected chi connectivity index (χ3v) is 4.53. The molecule has 3 aromatic rings. The van der Waals surface area contributed by atoms with Gasteiger partial charge in [-0.25, -0.2) is 0 Å². The molecule has 4 rings (SSSR count). The average molecular weight is 351 g/mol. The van der Waals surface area contributed by atoms with Gasteiger partial charge in [0.05, 0.1) is 6.10 Å². The summed E-state index contributed by atoms with van der Waals surface area (Å²) in [5.41, 5.74) is 2.63. The highest BCUT2D eigenvalue weighted by Crippen LogP contribution is 2.16. The van der Waals surface area contributed by atoms with E-state index in [1.807, 2.05) is 41.3 Å². The number of nitrogens with zero attached hydrogens (tertiary/aromatic N) is 5. The number of benzene rings is 1. The predicted octanol–water partition coefficient (Wildman–Crippen LogP) is 2.03. The number of fused-ring (bicyclic) bond motifs is 1. The van der Waals surface area contributed by atoms with Crippen LogP contribution in [0.25, 0.3) is 11.0 Å². The number of hydrogen-bond acceptors (Lipinski definition) is 5. The fraction of sp³-hybridized carbons (Fsp3) is 0.368. The van der Waals surface area contributed by atoms with Crippen LogP contribution in [0.5, 0.6) is 0 Å². The minimum Gasteiger partial charge on any atom is -0.376 e. The number of carbonyl (C=O) groups is 1. The number of hydrogen-bond donors (Lipinski definition) is 0. The van der Waals surface area contributed by atoms with Crippen molar-refractivity contribution in [2.75, 3.05) is 13.2 Å². The Morgan fingerprint density at radius 3 is 2.54 bits per heavy atom. The molecule has 1 fully saturated rings. The zero-order valence-corrected chi connectivity index (χ0v) is 14.5. The summed E-state index contributed by atoms with van der Waals surface area (Å²) in [5, 5.41) is 8.78. The Morgan fingerprint density at radius 2 is 1.88 bits per heavy atom. The minimum absolute atomic E-state index is 0.0161. The molecule has 1 atom stereocenters. The van der Waals surface area contributed by atoms with Gasteiger partial charge in [-0.1, -0.05) is 12.1 Å². The Hall–Kier alpha value is -2.80. The van der Waals surface area contributed by atoms with Gasteiger partial charge in [-0.3, -0.25) is 9.78 Å². The second-order valence-corrected chi connectivity index (χ2v) is 6.48. The van der Waals surface area contributed by atoms with Crippen molar-refractivity contribution >= 4 is 16.9 Å². The lowest BCUT2D eigenvalue weighted by Gasteiger charge is -2.25. The molecule has 0 N–H and O–H groups in total. The summed E-state index contributed by atoms with van der Waals surface area (Å²) in [4.78, 5) is 20.3. The van der Waals surface area contributed by atoms with Gasteiger partial charge in [-0.15, -0.1) is 0 Å². The Bertz CT molecular complexity index is 841. The van der Waals surface area contributed by atoms with Crippen molar-refractivity contribution in [1.82, 2.24) is 24.9 Å². The molecule has 134 valence electrons. The Balaban J connectivity index is 1.50. The maximum atomic E-state index is 12.9. The molecule has 1 aliphatic heterocycles. The van der Waals surface area contributed by atoms with Gasteiger partial charge in [0.2, 0.25) is 5.91 Å². The fourth-order valence-corrected chi connectivity index (χ4v) is 3.19. The standard InChI is InChI=1S/C19H21N5O2/c25-19(14-24-21-17-5-1-2-6-18(17)22-24)23(13-16-4-3-11-26-16)12-15-7-9-20-10-8-15/h1-2,5-10,16H,3-4,11-14H2/t16-/m1/s1. The molecular weight excluding hydrogens is 330 g/mol.